The zero-order valence-corrected chi connectivity index (χ0v) is 17.2. The van der Waals surface area contributed by atoms with E-state index in [1.165, 1.54) is 21.5 Å². The van der Waals surface area contributed by atoms with Gasteiger partial charge in [-0.1, -0.05) is 48.5 Å². The second kappa shape index (κ2) is 6.89. The molecule has 1 aliphatic rings. The van der Waals surface area contributed by atoms with Gasteiger partial charge in [0.05, 0.1) is 11.6 Å². The third-order valence-corrected chi connectivity index (χ3v) is 7.18. The fourth-order valence-electron chi connectivity index (χ4n) is 4.53. The van der Waals surface area contributed by atoms with Crippen molar-refractivity contribution in [1.82, 2.24) is 9.66 Å². The molecular weight excluding hydrogens is 390 g/mol. The van der Waals surface area contributed by atoms with Crippen LogP contribution in [0.5, 0.6) is 0 Å². The summed E-state index contributed by atoms with van der Waals surface area (Å²) in [5.41, 5.74) is 2.14. The first-order valence-electron chi connectivity index (χ1n) is 10.3. The van der Waals surface area contributed by atoms with E-state index < -0.39 is 0 Å². The minimum absolute atomic E-state index is 0.0693. The van der Waals surface area contributed by atoms with Crippen LogP contribution in [0.4, 0.5) is 0 Å². The number of fused-ring (bicyclic) bond motifs is 5. The Balaban J connectivity index is 1.55. The number of rotatable bonds is 2. The van der Waals surface area contributed by atoms with Gasteiger partial charge in [0.25, 0.3) is 5.56 Å². The van der Waals surface area contributed by atoms with Gasteiger partial charge in [-0.2, -0.15) is 9.78 Å². The fourth-order valence-corrected chi connectivity index (χ4v) is 5.75. The Morgan fingerprint density at radius 1 is 0.967 bits per heavy atom. The number of aryl methyl sites for hydroxylation is 2. The lowest BCUT2D eigenvalue weighted by Gasteiger charge is -2.10. The number of hydrogen-bond donors (Lipinski definition) is 0. The zero-order chi connectivity index (χ0) is 20.1. The van der Waals surface area contributed by atoms with Gasteiger partial charge in [0.15, 0.2) is 0 Å². The van der Waals surface area contributed by atoms with Crippen LogP contribution < -0.4 is 5.56 Å². The highest BCUT2D eigenvalue weighted by Gasteiger charge is 2.19. The normalized spacial score (nSPS) is 14.1. The second-order valence-electron chi connectivity index (χ2n) is 7.76. The lowest BCUT2D eigenvalue weighted by molar-refractivity contribution is 0.699. The summed E-state index contributed by atoms with van der Waals surface area (Å²) in [7, 11) is 0. The van der Waals surface area contributed by atoms with Crippen molar-refractivity contribution in [2.45, 2.75) is 25.7 Å². The first kappa shape index (κ1) is 17.5. The van der Waals surface area contributed by atoms with Gasteiger partial charge >= 0.3 is 0 Å². The molecule has 0 fully saturated rings. The van der Waals surface area contributed by atoms with Crippen molar-refractivity contribution >= 4 is 49.3 Å². The molecule has 0 saturated carbocycles. The molecule has 0 amide bonds. The minimum Gasteiger partial charge on any atom is -0.267 e. The van der Waals surface area contributed by atoms with Gasteiger partial charge in [-0.15, -0.1) is 11.3 Å². The van der Waals surface area contributed by atoms with Crippen LogP contribution in [0.15, 0.2) is 70.8 Å². The highest BCUT2D eigenvalue weighted by molar-refractivity contribution is 7.18. The standard InChI is InChI=1S/C25H19N3OS/c29-25-23-20-11-5-6-12-22(20)30-24(23)26-15-28(25)27-14-21-18-9-3-1-7-16(18)13-17-8-2-4-10-19(17)21/h1-4,7-10,13-15H,5-6,11-12H2/b27-14-. The molecule has 30 heavy (non-hydrogen) atoms. The average Bonchev–Trinajstić information content (AvgIpc) is 3.17. The molecule has 0 saturated heterocycles. The van der Waals surface area contributed by atoms with Crippen LogP contribution in [0.3, 0.4) is 0 Å². The molecule has 2 aromatic heterocycles. The van der Waals surface area contributed by atoms with E-state index in [4.69, 9.17) is 0 Å². The second-order valence-corrected chi connectivity index (χ2v) is 8.85. The molecule has 2 heterocycles. The van der Waals surface area contributed by atoms with Crippen molar-refractivity contribution in [3.63, 3.8) is 0 Å². The summed E-state index contributed by atoms with van der Waals surface area (Å²) in [6.45, 7) is 0. The Hall–Kier alpha value is -3.31. The van der Waals surface area contributed by atoms with Crippen molar-refractivity contribution in [2.24, 2.45) is 5.10 Å². The quantitative estimate of drug-likeness (QED) is 0.284. The van der Waals surface area contributed by atoms with Gasteiger partial charge in [0.2, 0.25) is 0 Å². The molecule has 1 aliphatic carbocycles. The third-order valence-electron chi connectivity index (χ3n) is 5.98. The van der Waals surface area contributed by atoms with E-state index in [2.05, 4.69) is 40.4 Å². The molecule has 0 unspecified atom stereocenters. The molecule has 4 nitrogen and oxygen atoms in total. The molecule has 5 heteroatoms. The maximum Gasteiger partial charge on any atom is 0.282 e. The van der Waals surface area contributed by atoms with Crippen molar-refractivity contribution in [1.29, 1.82) is 0 Å². The van der Waals surface area contributed by atoms with Gasteiger partial charge in [0.1, 0.15) is 11.2 Å². The summed E-state index contributed by atoms with van der Waals surface area (Å²) >= 11 is 1.66. The van der Waals surface area contributed by atoms with Gasteiger partial charge in [-0.25, -0.2) is 4.98 Å². The van der Waals surface area contributed by atoms with E-state index in [1.807, 2.05) is 24.3 Å². The van der Waals surface area contributed by atoms with E-state index in [9.17, 15) is 4.79 Å². The predicted molar refractivity (Wildman–Crippen MR) is 125 cm³/mol. The van der Waals surface area contributed by atoms with E-state index >= 15 is 0 Å². The Morgan fingerprint density at radius 2 is 1.67 bits per heavy atom. The number of benzene rings is 3. The van der Waals surface area contributed by atoms with Crippen LogP contribution in [0.25, 0.3) is 31.8 Å². The zero-order valence-electron chi connectivity index (χ0n) is 16.3. The SMILES string of the molecule is O=c1c2c3c(sc2ncn1/N=C\c1c2ccccc2cc2ccccc12)CCCC3. The van der Waals surface area contributed by atoms with Crippen LogP contribution in [0, 0.1) is 0 Å². The van der Waals surface area contributed by atoms with Crippen molar-refractivity contribution in [3.05, 3.63) is 87.3 Å². The molecule has 0 spiro atoms. The largest absolute Gasteiger partial charge is 0.282 e. The summed E-state index contributed by atoms with van der Waals surface area (Å²) < 4.78 is 1.39. The highest BCUT2D eigenvalue weighted by Crippen LogP contribution is 2.33. The summed E-state index contributed by atoms with van der Waals surface area (Å²) in [6.07, 6.45) is 7.71. The first-order valence-corrected chi connectivity index (χ1v) is 11.1. The Morgan fingerprint density at radius 3 is 2.43 bits per heavy atom. The van der Waals surface area contributed by atoms with Gasteiger partial charge in [0, 0.05) is 10.4 Å². The van der Waals surface area contributed by atoms with Gasteiger partial charge < -0.3 is 0 Å². The molecule has 0 N–H and O–H groups in total. The van der Waals surface area contributed by atoms with Crippen LogP contribution >= 0.6 is 11.3 Å². The molecule has 3 aromatic carbocycles. The Bertz CT molecular complexity index is 1470. The number of aromatic nitrogens is 2. The lowest BCUT2D eigenvalue weighted by Crippen LogP contribution is -2.18. The summed E-state index contributed by atoms with van der Waals surface area (Å²) in [5, 5.41) is 9.89. The van der Waals surface area contributed by atoms with E-state index in [-0.39, 0.29) is 5.56 Å². The van der Waals surface area contributed by atoms with Gasteiger partial charge in [-0.3, -0.25) is 4.79 Å². The number of nitrogens with zero attached hydrogens (tertiary/aromatic N) is 3. The Labute approximate surface area is 177 Å². The first-order chi connectivity index (χ1) is 14.8. The average molecular weight is 410 g/mol. The van der Waals surface area contributed by atoms with Crippen LogP contribution in [0.1, 0.15) is 28.8 Å². The molecule has 146 valence electrons. The third kappa shape index (κ3) is 2.70. The maximum absolute atomic E-state index is 13.2. The maximum atomic E-state index is 13.2. The number of hydrogen-bond acceptors (Lipinski definition) is 4. The molecule has 0 bridgehead atoms. The Kier molecular flexibility index (Phi) is 4.03. The van der Waals surface area contributed by atoms with E-state index in [1.54, 1.807) is 23.9 Å². The fraction of sp³-hybridized carbons (Fsp3) is 0.160. The van der Waals surface area contributed by atoms with Crippen molar-refractivity contribution in [3.8, 4) is 0 Å². The summed E-state index contributed by atoms with van der Waals surface area (Å²) in [5.74, 6) is 0. The molecule has 6 rings (SSSR count). The smallest absolute Gasteiger partial charge is 0.267 e. The molecule has 0 atom stereocenters. The van der Waals surface area contributed by atoms with Crippen LogP contribution in [-0.2, 0) is 12.8 Å². The molecule has 0 radical (unpaired) electrons. The molecular formula is C25H19N3OS. The van der Waals surface area contributed by atoms with Crippen LogP contribution in [-0.4, -0.2) is 15.9 Å². The highest BCUT2D eigenvalue weighted by atomic mass is 32.1. The summed E-state index contributed by atoms with van der Waals surface area (Å²) in [6, 6.07) is 18.8. The topological polar surface area (TPSA) is 47.2 Å². The lowest BCUT2D eigenvalue weighted by atomic mass is 9.97. The van der Waals surface area contributed by atoms with Gasteiger partial charge in [-0.05, 0) is 58.9 Å². The van der Waals surface area contributed by atoms with Crippen molar-refractivity contribution in [2.75, 3.05) is 0 Å². The minimum atomic E-state index is -0.0693. The van der Waals surface area contributed by atoms with Crippen LogP contribution in [0.2, 0.25) is 0 Å². The summed E-state index contributed by atoms with van der Waals surface area (Å²) in [4.78, 5) is 19.9. The predicted octanol–water partition coefficient (Wildman–Crippen LogP) is 5.53. The number of thiophene rings is 1. The molecule has 0 aliphatic heterocycles. The van der Waals surface area contributed by atoms with E-state index in [0.717, 1.165) is 56.6 Å². The van der Waals surface area contributed by atoms with Crippen molar-refractivity contribution < 1.29 is 0 Å². The molecule has 5 aromatic rings. The monoisotopic (exact) mass is 409 g/mol. The van der Waals surface area contributed by atoms with E-state index in [0.29, 0.717) is 0 Å².